The average molecular weight is 423 g/mol. The van der Waals surface area contributed by atoms with Gasteiger partial charge in [-0.15, -0.1) is 0 Å². The van der Waals surface area contributed by atoms with Gasteiger partial charge in [-0.05, 0) is 11.1 Å². The summed E-state index contributed by atoms with van der Waals surface area (Å²) in [7, 11) is 0. The van der Waals surface area contributed by atoms with Crippen molar-refractivity contribution in [2.45, 2.75) is 18.9 Å². The molecule has 0 bridgehead atoms. The van der Waals surface area contributed by atoms with Crippen LogP contribution in [-0.2, 0) is 20.9 Å². The molecule has 0 saturated carbocycles. The van der Waals surface area contributed by atoms with Crippen LogP contribution < -0.4 is 5.32 Å². The summed E-state index contributed by atoms with van der Waals surface area (Å²) in [5, 5.41) is 23.4. The van der Waals surface area contributed by atoms with E-state index in [-0.39, 0.29) is 30.4 Å². The van der Waals surface area contributed by atoms with Gasteiger partial charge in [0, 0.05) is 24.5 Å². The Morgan fingerprint density at radius 2 is 1.93 bits per heavy atom. The number of benzene rings is 2. The molecule has 1 aliphatic heterocycles. The van der Waals surface area contributed by atoms with Gasteiger partial charge in [-0.2, -0.15) is 5.26 Å². The summed E-state index contributed by atoms with van der Waals surface area (Å²) in [6.45, 7) is 0.141. The summed E-state index contributed by atoms with van der Waals surface area (Å²) in [6, 6.07) is 17.1. The zero-order valence-electron chi connectivity index (χ0n) is 15.7. The van der Waals surface area contributed by atoms with E-state index in [0.717, 1.165) is 17.3 Å². The Hall–Kier alpha value is -3.64. The Morgan fingerprint density at radius 3 is 2.57 bits per heavy atom. The lowest BCUT2D eigenvalue weighted by Crippen LogP contribution is -2.31. The molecule has 9 heteroatoms. The van der Waals surface area contributed by atoms with Crippen LogP contribution in [0.15, 0.2) is 65.2 Å². The van der Waals surface area contributed by atoms with Gasteiger partial charge in [-0.3, -0.25) is 19.7 Å². The predicted octanol–water partition coefficient (Wildman–Crippen LogP) is 3.41. The number of carbonyl (C=O) groups excluding carboxylic acids is 2. The van der Waals surface area contributed by atoms with Gasteiger partial charge in [0.15, 0.2) is 0 Å². The SMILES string of the molecule is N#CC1=C(SCC(=O)OCc2ccccc2)NC(=O)C[C@@H]1c1ccc([N+](=O)[O-])cc1. The van der Waals surface area contributed by atoms with Crippen LogP contribution in [0.5, 0.6) is 0 Å². The van der Waals surface area contributed by atoms with Gasteiger partial charge < -0.3 is 10.1 Å². The number of nitrogens with zero attached hydrogens (tertiary/aromatic N) is 2. The van der Waals surface area contributed by atoms with E-state index in [1.54, 1.807) is 0 Å². The van der Waals surface area contributed by atoms with E-state index in [9.17, 15) is 25.0 Å². The molecule has 1 heterocycles. The van der Waals surface area contributed by atoms with Crippen molar-refractivity contribution in [3.63, 3.8) is 0 Å². The zero-order chi connectivity index (χ0) is 21.5. The quantitative estimate of drug-likeness (QED) is 0.411. The molecule has 152 valence electrons. The van der Waals surface area contributed by atoms with Crippen LogP contribution in [0, 0.1) is 21.4 Å². The molecule has 0 unspecified atom stereocenters. The molecule has 0 saturated heterocycles. The highest BCUT2D eigenvalue weighted by Crippen LogP contribution is 2.36. The average Bonchev–Trinajstić information content (AvgIpc) is 2.76. The van der Waals surface area contributed by atoms with E-state index in [1.807, 2.05) is 30.3 Å². The van der Waals surface area contributed by atoms with Crippen LogP contribution in [0.25, 0.3) is 0 Å². The number of allylic oxidation sites excluding steroid dienone is 1. The van der Waals surface area contributed by atoms with E-state index in [0.29, 0.717) is 16.2 Å². The second-order valence-electron chi connectivity index (χ2n) is 6.44. The number of thioether (sulfide) groups is 1. The molecule has 1 aliphatic rings. The zero-order valence-corrected chi connectivity index (χ0v) is 16.6. The number of ether oxygens (including phenoxy) is 1. The number of hydrogen-bond acceptors (Lipinski definition) is 7. The third-order valence-corrected chi connectivity index (χ3v) is 5.43. The van der Waals surface area contributed by atoms with Gasteiger partial charge in [0.25, 0.3) is 5.69 Å². The number of nitriles is 1. The molecule has 0 radical (unpaired) electrons. The van der Waals surface area contributed by atoms with E-state index in [1.165, 1.54) is 24.3 Å². The Labute approximate surface area is 176 Å². The van der Waals surface area contributed by atoms with Gasteiger partial charge in [-0.25, -0.2) is 0 Å². The first kappa shape index (κ1) is 21.1. The number of nitrogens with one attached hydrogen (secondary N) is 1. The largest absolute Gasteiger partial charge is 0.460 e. The number of nitro groups is 1. The lowest BCUT2D eigenvalue weighted by Gasteiger charge is -2.24. The number of esters is 1. The predicted molar refractivity (Wildman–Crippen MR) is 110 cm³/mol. The molecule has 0 aliphatic carbocycles. The van der Waals surface area contributed by atoms with Gasteiger partial charge in [0.2, 0.25) is 5.91 Å². The highest BCUT2D eigenvalue weighted by molar-refractivity contribution is 8.03. The standard InChI is InChI=1S/C21H17N3O5S/c22-11-18-17(15-6-8-16(9-7-15)24(27)28)10-19(25)23-21(18)30-13-20(26)29-12-14-4-2-1-3-5-14/h1-9,17H,10,12-13H2,(H,23,25)/t17-/m1/s1. The van der Waals surface area contributed by atoms with Gasteiger partial charge in [-0.1, -0.05) is 54.2 Å². The molecule has 1 atom stereocenters. The van der Waals surface area contributed by atoms with Crippen LogP contribution in [0.2, 0.25) is 0 Å². The minimum Gasteiger partial charge on any atom is -0.460 e. The Kier molecular flexibility index (Phi) is 6.83. The monoisotopic (exact) mass is 423 g/mol. The van der Waals surface area contributed by atoms with Crippen molar-refractivity contribution in [1.82, 2.24) is 5.32 Å². The van der Waals surface area contributed by atoms with Gasteiger partial charge >= 0.3 is 5.97 Å². The van der Waals surface area contributed by atoms with Crippen molar-refractivity contribution >= 4 is 29.3 Å². The lowest BCUT2D eigenvalue weighted by atomic mass is 9.87. The fraction of sp³-hybridized carbons (Fsp3) is 0.190. The maximum absolute atomic E-state index is 12.2. The molecule has 0 fully saturated rings. The Morgan fingerprint density at radius 1 is 1.23 bits per heavy atom. The van der Waals surface area contributed by atoms with Crippen molar-refractivity contribution < 1.29 is 19.2 Å². The smallest absolute Gasteiger partial charge is 0.316 e. The molecular weight excluding hydrogens is 406 g/mol. The second kappa shape index (κ2) is 9.71. The first-order chi connectivity index (χ1) is 14.5. The number of non-ortho nitro benzene ring substituents is 1. The van der Waals surface area contributed by atoms with Crippen LogP contribution in [0.3, 0.4) is 0 Å². The van der Waals surface area contributed by atoms with Crippen LogP contribution in [0.1, 0.15) is 23.5 Å². The van der Waals surface area contributed by atoms with Gasteiger partial charge in [0.05, 0.1) is 27.3 Å². The second-order valence-corrected chi connectivity index (χ2v) is 7.43. The number of amides is 1. The fourth-order valence-electron chi connectivity index (χ4n) is 2.96. The molecule has 1 N–H and O–H groups in total. The van der Waals surface area contributed by atoms with E-state index >= 15 is 0 Å². The van der Waals surface area contributed by atoms with Crippen molar-refractivity contribution in [3.05, 3.63) is 86.4 Å². The van der Waals surface area contributed by atoms with E-state index in [4.69, 9.17) is 4.74 Å². The minimum absolute atomic E-state index is 0.0449. The fourth-order valence-corrected chi connectivity index (χ4v) is 3.83. The maximum Gasteiger partial charge on any atom is 0.316 e. The minimum atomic E-state index is -0.535. The highest BCUT2D eigenvalue weighted by atomic mass is 32.2. The molecule has 30 heavy (non-hydrogen) atoms. The molecule has 3 rings (SSSR count). The van der Waals surface area contributed by atoms with Crippen molar-refractivity contribution in [2.75, 3.05) is 5.75 Å². The number of nitro benzene ring substituents is 1. The molecule has 1 amide bonds. The molecule has 8 nitrogen and oxygen atoms in total. The third kappa shape index (κ3) is 5.24. The number of rotatable bonds is 7. The topological polar surface area (TPSA) is 122 Å². The summed E-state index contributed by atoms with van der Waals surface area (Å²) in [5.41, 5.74) is 1.72. The van der Waals surface area contributed by atoms with E-state index < -0.39 is 16.8 Å². The summed E-state index contributed by atoms with van der Waals surface area (Å²) in [4.78, 5) is 34.5. The first-order valence-corrected chi connectivity index (χ1v) is 9.97. The molecule has 2 aromatic rings. The molecule has 0 aromatic heterocycles. The highest BCUT2D eigenvalue weighted by Gasteiger charge is 2.30. The molecule has 2 aromatic carbocycles. The van der Waals surface area contributed by atoms with Crippen molar-refractivity contribution in [1.29, 1.82) is 5.26 Å². The van der Waals surface area contributed by atoms with Crippen LogP contribution >= 0.6 is 11.8 Å². The summed E-state index contributed by atoms with van der Waals surface area (Å²) in [5.74, 6) is -1.37. The first-order valence-electron chi connectivity index (χ1n) is 8.98. The van der Waals surface area contributed by atoms with Crippen LogP contribution in [0.4, 0.5) is 5.69 Å². The lowest BCUT2D eigenvalue weighted by molar-refractivity contribution is -0.384. The van der Waals surface area contributed by atoms with Crippen molar-refractivity contribution in [3.8, 4) is 6.07 Å². The summed E-state index contributed by atoms with van der Waals surface area (Å²) >= 11 is 1.03. The summed E-state index contributed by atoms with van der Waals surface area (Å²) < 4.78 is 5.22. The normalized spacial score (nSPS) is 15.8. The van der Waals surface area contributed by atoms with Gasteiger partial charge in [0.1, 0.15) is 6.61 Å². The Bertz CT molecular complexity index is 1030. The summed E-state index contributed by atoms with van der Waals surface area (Å²) in [6.07, 6.45) is 0.0449. The number of hydrogen-bond donors (Lipinski definition) is 1. The van der Waals surface area contributed by atoms with Crippen LogP contribution in [-0.4, -0.2) is 22.6 Å². The third-order valence-electron chi connectivity index (χ3n) is 4.44. The molecule has 0 spiro atoms. The number of carbonyl (C=O) groups is 2. The van der Waals surface area contributed by atoms with E-state index in [2.05, 4.69) is 11.4 Å². The molecular formula is C21H17N3O5S. The van der Waals surface area contributed by atoms with Crippen molar-refractivity contribution in [2.24, 2.45) is 0 Å². The Balaban J connectivity index is 1.70. The maximum atomic E-state index is 12.2.